The lowest BCUT2D eigenvalue weighted by Crippen LogP contribution is -2.35. The summed E-state index contributed by atoms with van der Waals surface area (Å²) in [6.07, 6.45) is 0. The van der Waals surface area contributed by atoms with Crippen LogP contribution >= 0.6 is 0 Å². The van der Waals surface area contributed by atoms with E-state index in [1.54, 1.807) is 12.0 Å². The van der Waals surface area contributed by atoms with Crippen LogP contribution in [0.1, 0.15) is 55.0 Å². The van der Waals surface area contributed by atoms with Crippen molar-refractivity contribution in [3.05, 3.63) is 64.2 Å². The minimum Gasteiger partial charge on any atom is -0.507 e. The molecule has 1 aliphatic rings. The number of nitrogens with zero attached hydrogens (tertiary/aromatic N) is 2. The molecule has 1 aliphatic heterocycles. The highest BCUT2D eigenvalue weighted by molar-refractivity contribution is 6.46. The predicted molar refractivity (Wildman–Crippen MR) is 137 cm³/mol. The van der Waals surface area contributed by atoms with Crippen molar-refractivity contribution in [2.45, 2.75) is 39.7 Å². The number of carbonyl (C=O) groups is 2. The number of carbonyl (C=O) groups excluding carboxylic acids is 2. The molecule has 0 spiro atoms. The number of aliphatic hydroxyl groups excluding tert-OH is 1. The molecule has 1 N–H and O–H groups in total. The molecular formula is C28H36N2O5. The standard InChI is InChI=1S/C28H36N2O5/c1-8-35-20-11-9-10-19(15-20)25-24(27(32)28(33)30(25)13-12-29(5)6)26(31)22-16-21(17(2)3)23(34-7)14-18(22)4/h9-11,14-17,25,31H,8,12-13H2,1-7H3/b26-24+. The molecule has 1 amide bonds. The molecule has 1 heterocycles. The Bertz CT molecular complexity index is 1140. The molecule has 7 nitrogen and oxygen atoms in total. The Kier molecular flexibility index (Phi) is 8.22. The van der Waals surface area contributed by atoms with Crippen molar-refractivity contribution >= 4 is 17.4 Å². The number of likely N-dealkylation sites (tertiary alicyclic amines) is 1. The van der Waals surface area contributed by atoms with Crippen LogP contribution in [0.25, 0.3) is 5.76 Å². The molecule has 0 aromatic heterocycles. The normalized spacial score (nSPS) is 17.5. The summed E-state index contributed by atoms with van der Waals surface area (Å²) < 4.78 is 11.2. The summed E-state index contributed by atoms with van der Waals surface area (Å²) >= 11 is 0. The van der Waals surface area contributed by atoms with Gasteiger partial charge in [0.05, 0.1) is 25.3 Å². The highest BCUT2D eigenvalue weighted by Crippen LogP contribution is 2.41. The number of Topliss-reactive ketones (excluding diaryl/α,β-unsaturated/α-hetero) is 1. The molecule has 0 aliphatic carbocycles. The summed E-state index contributed by atoms with van der Waals surface area (Å²) in [6.45, 7) is 9.24. The van der Waals surface area contributed by atoms with Crippen LogP contribution in [-0.4, -0.2) is 67.5 Å². The molecule has 2 aromatic rings. The molecule has 1 unspecified atom stereocenters. The van der Waals surface area contributed by atoms with Gasteiger partial charge in [0.2, 0.25) is 0 Å². The van der Waals surface area contributed by atoms with Crippen LogP contribution in [0.2, 0.25) is 0 Å². The van der Waals surface area contributed by atoms with E-state index >= 15 is 0 Å². The molecular weight excluding hydrogens is 444 g/mol. The van der Waals surface area contributed by atoms with Gasteiger partial charge in [-0.05, 0) is 74.8 Å². The summed E-state index contributed by atoms with van der Waals surface area (Å²) in [4.78, 5) is 30.0. The second kappa shape index (κ2) is 11.0. The predicted octanol–water partition coefficient (Wildman–Crippen LogP) is 4.51. The van der Waals surface area contributed by atoms with Crippen LogP contribution in [0.5, 0.6) is 11.5 Å². The summed E-state index contributed by atoms with van der Waals surface area (Å²) in [6, 6.07) is 10.3. The lowest BCUT2D eigenvalue weighted by Gasteiger charge is -2.27. The van der Waals surface area contributed by atoms with Gasteiger partial charge in [0, 0.05) is 18.7 Å². The molecule has 1 atom stereocenters. The van der Waals surface area contributed by atoms with Gasteiger partial charge in [-0.2, -0.15) is 0 Å². The van der Waals surface area contributed by atoms with E-state index in [9.17, 15) is 14.7 Å². The van der Waals surface area contributed by atoms with Crippen molar-refractivity contribution in [1.29, 1.82) is 0 Å². The summed E-state index contributed by atoms with van der Waals surface area (Å²) in [5, 5.41) is 11.6. The van der Waals surface area contributed by atoms with Gasteiger partial charge >= 0.3 is 0 Å². The SMILES string of the molecule is CCOc1cccc(C2/C(=C(\O)c3cc(C(C)C)c(OC)cc3C)C(=O)C(=O)N2CCN(C)C)c1. The van der Waals surface area contributed by atoms with E-state index in [1.807, 2.05) is 83.1 Å². The van der Waals surface area contributed by atoms with Crippen molar-refractivity contribution < 1.29 is 24.2 Å². The number of benzene rings is 2. The zero-order valence-corrected chi connectivity index (χ0v) is 21.7. The molecule has 7 heteroatoms. The number of hydrogen-bond donors (Lipinski definition) is 1. The highest BCUT2D eigenvalue weighted by atomic mass is 16.5. The van der Waals surface area contributed by atoms with Crippen molar-refractivity contribution in [1.82, 2.24) is 9.80 Å². The first kappa shape index (κ1) is 26.3. The number of likely N-dealkylation sites (N-methyl/N-ethyl adjacent to an activating group) is 1. The Morgan fingerprint density at radius 2 is 1.89 bits per heavy atom. The third kappa shape index (κ3) is 5.35. The number of methoxy groups -OCH3 is 1. The van der Waals surface area contributed by atoms with E-state index < -0.39 is 17.7 Å². The number of ether oxygens (including phenoxy) is 2. The monoisotopic (exact) mass is 480 g/mol. The molecule has 188 valence electrons. The smallest absolute Gasteiger partial charge is 0.295 e. The lowest BCUT2D eigenvalue weighted by atomic mass is 9.91. The van der Waals surface area contributed by atoms with E-state index in [-0.39, 0.29) is 17.3 Å². The maximum absolute atomic E-state index is 13.3. The van der Waals surface area contributed by atoms with Crippen LogP contribution in [-0.2, 0) is 9.59 Å². The molecule has 0 saturated carbocycles. The van der Waals surface area contributed by atoms with Gasteiger partial charge < -0.3 is 24.4 Å². The van der Waals surface area contributed by atoms with Crippen molar-refractivity contribution in [2.24, 2.45) is 0 Å². The first-order valence-corrected chi connectivity index (χ1v) is 11.9. The maximum Gasteiger partial charge on any atom is 0.295 e. The van der Waals surface area contributed by atoms with E-state index in [0.717, 1.165) is 16.9 Å². The summed E-state index contributed by atoms with van der Waals surface area (Å²) in [5.74, 6) is 0.0278. The van der Waals surface area contributed by atoms with E-state index in [1.165, 1.54) is 0 Å². The number of hydrogen-bond acceptors (Lipinski definition) is 6. The van der Waals surface area contributed by atoms with Crippen molar-refractivity contribution in [3.63, 3.8) is 0 Å². The quantitative estimate of drug-likeness (QED) is 0.323. The first-order chi connectivity index (χ1) is 16.6. The van der Waals surface area contributed by atoms with Crippen LogP contribution in [0, 0.1) is 6.92 Å². The summed E-state index contributed by atoms with van der Waals surface area (Å²) in [5.41, 5.74) is 2.99. The van der Waals surface area contributed by atoms with Gasteiger partial charge in [-0.3, -0.25) is 9.59 Å². The topological polar surface area (TPSA) is 79.3 Å². The average Bonchev–Trinajstić information content (AvgIpc) is 3.07. The Hall–Kier alpha value is -3.32. The second-order valence-corrected chi connectivity index (χ2v) is 9.37. The fourth-order valence-electron chi connectivity index (χ4n) is 4.43. The largest absolute Gasteiger partial charge is 0.507 e. The fourth-order valence-corrected chi connectivity index (χ4v) is 4.43. The van der Waals surface area contributed by atoms with E-state index in [0.29, 0.717) is 36.6 Å². The lowest BCUT2D eigenvalue weighted by molar-refractivity contribution is -0.140. The van der Waals surface area contributed by atoms with Gasteiger partial charge in [0.1, 0.15) is 17.3 Å². The van der Waals surface area contributed by atoms with Gasteiger partial charge in [-0.1, -0.05) is 26.0 Å². The van der Waals surface area contributed by atoms with Gasteiger partial charge in [0.25, 0.3) is 11.7 Å². The molecule has 0 radical (unpaired) electrons. The molecule has 3 rings (SSSR count). The van der Waals surface area contributed by atoms with Crippen LogP contribution in [0.15, 0.2) is 42.0 Å². The zero-order valence-electron chi connectivity index (χ0n) is 21.7. The zero-order chi connectivity index (χ0) is 25.9. The molecule has 1 fully saturated rings. The molecule has 2 aromatic carbocycles. The third-order valence-corrected chi connectivity index (χ3v) is 6.27. The van der Waals surface area contributed by atoms with E-state index in [4.69, 9.17) is 9.47 Å². The fraction of sp³-hybridized carbons (Fsp3) is 0.429. The Morgan fingerprint density at radius 3 is 2.49 bits per heavy atom. The van der Waals surface area contributed by atoms with E-state index in [2.05, 4.69) is 0 Å². The second-order valence-electron chi connectivity index (χ2n) is 9.37. The Labute approximate surface area is 207 Å². The Morgan fingerprint density at radius 1 is 1.17 bits per heavy atom. The molecule has 35 heavy (non-hydrogen) atoms. The van der Waals surface area contributed by atoms with Gasteiger partial charge in [-0.25, -0.2) is 0 Å². The van der Waals surface area contributed by atoms with Crippen LogP contribution in [0.3, 0.4) is 0 Å². The maximum atomic E-state index is 13.3. The first-order valence-electron chi connectivity index (χ1n) is 11.9. The highest BCUT2D eigenvalue weighted by Gasteiger charge is 2.46. The number of aryl methyl sites for hydroxylation is 1. The minimum atomic E-state index is -0.723. The number of amides is 1. The average molecular weight is 481 g/mol. The molecule has 1 saturated heterocycles. The van der Waals surface area contributed by atoms with Crippen molar-refractivity contribution in [2.75, 3.05) is 40.9 Å². The summed E-state index contributed by atoms with van der Waals surface area (Å²) in [7, 11) is 5.44. The number of rotatable bonds is 9. The van der Waals surface area contributed by atoms with Crippen LogP contribution in [0.4, 0.5) is 0 Å². The van der Waals surface area contributed by atoms with Gasteiger partial charge in [-0.15, -0.1) is 0 Å². The third-order valence-electron chi connectivity index (χ3n) is 6.27. The number of aliphatic hydroxyl groups is 1. The molecule has 0 bridgehead atoms. The minimum absolute atomic E-state index is 0.0883. The number of ketones is 1. The van der Waals surface area contributed by atoms with Crippen molar-refractivity contribution in [3.8, 4) is 11.5 Å². The van der Waals surface area contributed by atoms with Crippen LogP contribution < -0.4 is 9.47 Å². The van der Waals surface area contributed by atoms with Gasteiger partial charge in [0.15, 0.2) is 0 Å². The Balaban J connectivity index is 2.24.